The number of aromatic nitrogens is 2. The largest absolute Gasteiger partial charge is 0.378 e. The second-order valence-electron chi connectivity index (χ2n) is 7.03. The molecule has 8 heteroatoms. The molecule has 2 aromatic heterocycles. The molecule has 2 bridgehead atoms. The molecule has 7 nitrogen and oxygen atoms in total. The SMILES string of the molecule is COCc1cccc(C(=O)N2CC3CCC(C2)N(Cc2cscn2)C3=O)n1. The van der Waals surface area contributed by atoms with Crippen molar-refractivity contribution in [1.29, 1.82) is 0 Å². The first-order valence-corrected chi connectivity index (χ1v) is 10.0. The summed E-state index contributed by atoms with van der Waals surface area (Å²) >= 11 is 1.53. The average Bonchev–Trinajstić information content (AvgIpc) is 3.04. The Morgan fingerprint density at radius 1 is 1.30 bits per heavy atom. The van der Waals surface area contributed by atoms with Crippen LogP contribution in [0.1, 0.15) is 34.7 Å². The quantitative estimate of drug-likeness (QED) is 0.785. The first kappa shape index (κ1) is 18.1. The fraction of sp³-hybridized carbons (Fsp3) is 0.474. The number of amides is 2. The molecule has 0 spiro atoms. The number of methoxy groups -OCH3 is 1. The van der Waals surface area contributed by atoms with Crippen LogP contribution in [0.5, 0.6) is 0 Å². The molecule has 2 unspecified atom stereocenters. The molecule has 2 aromatic rings. The Hall–Kier alpha value is -2.32. The lowest BCUT2D eigenvalue weighted by Gasteiger charge is -2.35. The third-order valence-corrected chi connectivity index (χ3v) is 5.85. The van der Waals surface area contributed by atoms with E-state index in [1.54, 1.807) is 23.6 Å². The fourth-order valence-corrected chi connectivity index (χ4v) is 4.44. The van der Waals surface area contributed by atoms with Crippen molar-refractivity contribution in [2.45, 2.75) is 32.0 Å². The Bertz CT molecular complexity index is 826. The molecule has 0 saturated carbocycles. The van der Waals surface area contributed by atoms with Gasteiger partial charge in [0, 0.05) is 31.6 Å². The second kappa shape index (κ2) is 7.74. The molecule has 3 saturated heterocycles. The average molecular weight is 386 g/mol. The molecule has 3 aliphatic heterocycles. The molecule has 2 atom stereocenters. The van der Waals surface area contributed by atoms with Crippen molar-refractivity contribution in [3.05, 3.63) is 46.2 Å². The van der Waals surface area contributed by atoms with Gasteiger partial charge in [-0.3, -0.25) is 9.59 Å². The van der Waals surface area contributed by atoms with Gasteiger partial charge in [0.1, 0.15) is 5.69 Å². The molecule has 142 valence electrons. The molecule has 0 N–H and O–H groups in total. The van der Waals surface area contributed by atoms with Gasteiger partial charge in [-0.2, -0.15) is 0 Å². The van der Waals surface area contributed by atoms with Gasteiger partial charge in [-0.05, 0) is 25.0 Å². The maximum Gasteiger partial charge on any atom is 0.272 e. The zero-order valence-electron chi connectivity index (χ0n) is 15.2. The molecular weight excluding hydrogens is 364 g/mol. The predicted octanol–water partition coefficient (Wildman–Crippen LogP) is 1.95. The first-order valence-electron chi connectivity index (χ1n) is 9.07. The summed E-state index contributed by atoms with van der Waals surface area (Å²) in [6.45, 7) is 1.89. The van der Waals surface area contributed by atoms with E-state index in [0.29, 0.717) is 31.9 Å². The van der Waals surface area contributed by atoms with E-state index in [9.17, 15) is 9.59 Å². The van der Waals surface area contributed by atoms with Crippen LogP contribution in [0, 0.1) is 5.92 Å². The van der Waals surface area contributed by atoms with Gasteiger partial charge in [0.15, 0.2) is 0 Å². The van der Waals surface area contributed by atoms with Crippen LogP contribution < -0.4 is 0 Å². The van der Waals surface area contributed by atoms with Crippen molar-refractivity contribution in [3.8, 4) is 0 Å². The van der Waals surface area contributed by atoms with Gasteiger partial charge in [-0.1, -0.05) is 6.07 Å². The van der Waals surface area contributed by atoms with Crippen molar-refractivity contribution in [3.63, 3.8) is 0 Å². The summed E-state index contributed by atoms with van der Waals surface area (Å²) in [5, 5.41) is 1.97. The molecule has 5 rings (SSSR count). The van der Waals surface area contributed by atoms with Crippen LogP contribution in [0.3, 0.4) is 0 Å². The second-order valence-corrected chi connectivity index (χ2v) is 7.75. The number of fused-ring (bicyclic) bond motifs is 4. The Morgan fingerprint density at radius 3 is 2.96 bits per heavy atom. The van der Waals surface area contributed by atoms with Gasteiger partial charge in [0.05, 0.1) is 36.0 Å². The summed E-state index contributed by atoms with van der Waals surface area (Å²) in [6.07, 6.45) is 1.75. The van der Waals surface area contributed by atoms with Crippen molar-refractivity contribution in [2.24, 2.45) is 5.92 Å². The van der Waals surface area contributed by atoms with Gasteiger partial charge >= 0.3 is 0 Å². The lowest BCUT2D eigenvalue weighted by Crippen LogP contribution is -2.47. The van der Waals surface area contributed by atoms with Crippen molar-refractivity contribution < 1.29 is 14.3 Å². The summed E-state index contributed by atoms with van der Waals surface area (Å²) in [7, 11) is 1.60. The number of hydrogen-bond donors (Lipinski definition) is 0. The summed E-state index contributed by atoms with van der Waals surface area (Å²) < 4.78 is 5.11. The van der Waals surface area contributed by atoms with E-state index in [-0.39, 0.29) is 23.8 Å². The van der Waals surface area contributed by atoms with Crippen molar-refractivity contribution in [1.82, 2.24) is 19.8 Å². The first-order chi connectivity index (χ1) is 13.2. The zero-order valence-corrected chi connectivity index (χ0v) is 16.0. The Morgan fingerprint density at radius 2 is 2.19 bits per heavy atom. The molecule has 27 heavy (non-hydrogen) atoms. The number of thiazole rings is 1. The van der Waals surface area contributed by atoms with Gasteiger partial charge in [-0.15, -0.1) is 11.3 Å². The Balaban J connectivity index is 1.53. The molecule has 5 heterocycles. The van der Waals surface area contributed by atoms with Crippen LogP contribution in [0.15, 0.2) is 29.1 Å². The summed E-state index contributed by atoms with van der Waals surface area (Å²) in [5.41, 5.74) is 3.82. The Labute approximate surface area is 162 Å². The third-order valence-electron chi connectivity index (χ3n) is 5.21. The molecule has 2 amide bonds. The van der Waals surface area contributed by atoms with Gasteiger partial charge in [0.25, 0.3) is 5.91 Å². The van der Waals surface area contributed by atoms with Crippen molar-refractivity contribution >= 4 is 23.2 Å². The minimum atomic E-state index is -0.145. The normalized spacial score (nSPS) is 22.2. The van der Waals surface area contributed by atoms with Crippen LogP contribution in [0.2, 0.25) is 0 Å². The van der Waals surface area contributed by atoms with E-state index in [2.05, 4.69) is 9.97 Å². The third kappa shape index (κ3) is 3.72. The maximum absolute atomic E-state index is 13.0. The highest BCUT2D eigenvalue weighted by Crippen LogP contribution is 2.31. The summed E-state index contributed by atoms with van der Waals surface area (Å²) in [4.78, 5) is 38.4. The standard InChI is InChI=1S/C19H22N4O3S/c1-26-10-14-3-2-4-17(21-14)19(25)22-7-13-5-6-16(9-22)23(18(13)24)8-15-11-27-12-20-15/h2-4,11-13,16H,5-10H2,1H3. The highest BCUT2D eigenvalue weighted by atomic mass is 32.1. The van der Waals surface area contributed by atoms with E-state index < -0.39 is 0 Å². The van der Waals surface area contributed by atoms with Crippen LogP contribution in [0.4, 0.5) is 0 Å². The lowest BCUT2D eigenvalue weighted by molar-refractivity contribution is -0.140. The minimum Gasteiger partial charge on any atom is -0.378 e. The number of carbonyl (C=O) groups is 2. The van der Waals surface area contributed by atoms with Gasteiger partial charge in [-0.25, -0.2) is 9.97 Å². The minimum absolute atomic E-state index is 0.0315. The number of ether oxygens (including phenoxy) is 1. The number of piperidine rings is 1. The topological polar surface area (TPSA) is 75.6 Å². The number of carbonyl (C=O) groups excluding carboxylic acids is 2. The van der Waals surface area contributed by atoms with E-state index in [1.165, 1.54) is 11.3 Å². The van der Waals surface area contributed by atoms with Crippen LogP contribution >= 0.6 is 11.3 Å². The number of rotatable bonds is 5. The van der Waals surface area contributed by atoms with Crippen LogP contribution in [-0.4, -0.2) is 57.8 Å². The van der Waals surface area contributed by atoms with Gasteiger partial charge in [0.2, 0.25) is 5.91 Å². The highest BCUT2D eigenvalue weighted by molar-refractivity contribution is 7.07. The maximum atomic E-state index is 13.0. The van der Waals surface area contributed by atoms with Crippen LogP contribution in [0.25, 0.3) is 0 Å². The summed E-state index contributed by atoms with van der Waals surface area (Å²) in [5.74, 6) is -0.128. The van der Waals surface area contributed by atoms with E-state index in [4.69, 9.17) is 4.74 Å². The predicted molar refractivity (Wildman–Crippen MR) is 100 cm³/mol. The number of pyridine rings is 1. The smallest absolute Gasteiger partial charge is 0.272 e. The van der Waals surface area contributed by atoms with Gasteiger partial charge < -0.3 is 14.5 Å². The van der Waals surface area contributed by atoms with E-state index >= 15 is 0 Å². The monoisotopic (exact) mass is 386 g/mol. The van der Waals surface area contributed by atoms with E-state index in [1.807, 2.05) is 22.4 Å². The van der Waals surface area contributed by atoms with Crippen LogP contribution in [-0.2, 0) is 22.7 Å². The number of nitrogens with zero attached hydrogens (tertiary/aromatic N) is 4. The van der Waals surface area contributed by atoms with E-state index in [0.717, 1.165) is 24.2 Å². The zero-order chi connectivity index (χ0) is 18.8. The fourth-order valence-electron chi connectivity index (χ4n) is 3.89. The molecule has 0 aliphatic carbocycles. The molecule has 3 aliphatic rings. The number of hydrogen-bond acceptors (Lipinski definition) is 6. The molecule has 0 aromatic carbocycles. The Kier molecular flexibility index (Phi) is 5.18. The highest BCUT2D eigenvalue weighted by Gasteiger charge is 2.42. The molecule has 3 fully saturated rings. The lowest BCUT2D eigenvalue weighted by atomic mass is 9.94. The van der Waals surface area contributed by atoms with Crippen molar-refractivity contribution in [2.75, 3.05) is 20.2 Å². The molecule has 0 radical (unpaired) electrons. The molecular formula is C19H22N4O3S. The summed E-state index contributed by atoms with van der Waals surface area (Å²) in [6, 6.07) is 5.42.